The van der Waals surface area contributed by atoms with Gasteiger partial charge >= 0.3 is 6.18 Å². The van der Waals surface area contributed by atoms with E-state index in [4.69, 9.17) is 4.74 Å². The number of benzene rings is 1. The van der Waals surface area contributed by atoms with Crippen LogP contribution in [0.4, 0.5) is 13.2 Å². The summed E-state index contributed by atoms with van der Waals surface area (Å²) in [5.74, 6) is 1.35. The van der Waals surface area contributed by atoms with Gasteiger partial charge in [0.05, 0.1) is 25.9 Å². The van der Waals surface area contributed by atoms with Crippen LogP contribution in [-0.2, 0) is 22.6 Å². The molecular weight excluding hydrogens is 536 g/mol. The van der Waals surface area contributed by atoms with Crippen LogP contribution < -0.4 is 10.6 Å². The molecule has 2 rings (SSSR count). The van der Waals surface area contributed by atoms with E-state index in [0.29, 0.717) is 30.5 Å². The molecule has 10 heteroatoms. The molecular formula is C22H36F3IN4O2. The molecule has 0 aromatic heterocycles. The lowest BCUT2D eigenvalue weighted by atomic mass is 10.1. The van der Waals surface area contributed by atoms with Gasteiger partial charge in [0, 0.05) is 32.7 Å². The third kappa shape index (κ3) is 12.2. The van der Waals surface area contributed by atoms with Crippen LogP contribution >= 0.6 is 24.0 Å². The van der Waals surface area contributed by atoms with Crippen LogP contribution in [0.15, 0.2) is 29.3 Å². The van der Waals surface area contributed by atoms with Crippen molar-refractivity contribution < 1.29 is 22.6 Å². The monoisotopic (exact) mass is 572 g/mol. The van der Waals surface area contributed by atoms with Crippen LogP contribution in [0.5, 0.6) is 0 Å². The first-order valence-electron chi connectivity index (χ1n) is 10.8. The second-order valence-corrected chi connectivity index (χ2v) is 8.15. The molecule has 184 valence electrons. The molecule has 1 aromatic carbocycles. The van der Waals surface area contributed by atoms with Crippen molar-refractivity contribution in [2.45, 2.75) is 46.2 Å². The number of hydrogen-bond acceptors (Lipinski definition) is 4. The molecule has 1 atom stereocenters. The van der Waals surface area contributed by atoms with E-state index in [1.807, 2.05) is 19.1 Å². The number of hydrogen-bond donors (Lipinski definition) is 2. The maximum Gasteiger partial charge on any atom is 0.411 e. The Morgan fingerprint density at radius 1 is 1.22 bits per heavy atom. The minimum Gasteiger partial charge on any atom is -0.374 e. The summed E-state index contributed by atoms with van der Waals surface area (Å²) in [6.45, 7) is 10.7. The fourth-order valence-electron chi connectivity index (χ4n) is 3.33. The van der Waals surface area contributed by atoms with Crippen LogP contribution in [0.2, 0.25) is 0 Å². The molecule has 0 saturated carbocycles. The first kappa shape index (κ1) is 28.9. The largest absolute Gasteiger partial charge is 0.411 e. The van der Waals surface area contributed by atoms with Crippen molar-refractivity contribution in [1.82, 2.24) is 15.5 Å². The lowest BCUT2D eigenvalue weighted by Crippen LogP contribution is -2.50. The molecule has 0 aliphatic carbocycles. The van der Waals surface area contributed by atoms with E-state index in [1.165, 1.54) is 0 Å². The molecule has 1 fully saturated rings. The Kier molecular flexibility index (Phi) is 13.5. The minimum atomic E-state index is -4.31. The van der Waals surface area contributed by atoms with Crippen molar-refractivity contribution in [3.8, 4) is 0 Å². The smallest absolute Gasteiger partial charge is 0.374 e. The van der Waals surface area contributed by atoms with Crippen LogP contribution in [0.3, 0.4) is 0 Å². The van der Waals surface area contributed by atoms with E-state index in [-0.39, 0.29) is 36.7 Å². The Morgan fingerprint density at radius 3 is 2.53 bits per heavy atom. The molecule has 0 bridgehead atoms. The molecule has 1 aromatic rings. The molecule has 6 nitrogen and oxygen atoms in total. The normalized spacial score (nSPS) is 17.8. The number of aliphatic imine (C=N–C) groups is 1. The molecule has 0 radical (unpaired) electrons. The quantitative estimate of drug-likeness (QED) is 0.254. The number of morpholine rings is 1. The number of alkyl halides is 3. The number of halogens is 4. The standard InChI is InChI=1S/C22H35F3N4O2.HI/c1-4-26-21(28-12-20-14-29(9-10-31-20)13-17(2)3)27-11-18-5-7-19(8-6-18)15-30-16-22(23,24)25;/h5-8,17,20H,4,9-16H2,1-3H3,(H2,26,27,28);1H. The summed E-state index contributed by atoms with van der Waals surface area (Å²) in [4.78, 5) is 7.04. The Labute approximate surface area is 206 Å². The zero-order valence-electron chi connectivity index (χ0n) is 19.1. The van der Waals surface area contributed by atoms with Gasteiger partial charge in [-0.05, 0) is 24.0 Å². The maximum absolute atomic E-state index is 12.2. The Hall–Kier alpha value is -1.11. The van der Waals surface area contributed by atoms with Gasteiger partial charge in [-0.25, -0.2) is 4.99 Å². The van der Waals surface area contributed by atoms with Gasteiger partial charge in [0.15, 0.2) is 5.96 Å². The average molecular weight is 572 g/mol. The second-order valence-electron chi connectivity index (χ2n) is 8.15. The summed E-state index contributed by atoms with van der Waals surface area (Å²) in [5.41, 5.74) is 1.66. The number of rotatable bonds is 10. The van der Waals surface area contributed by atoms with Crippen molar-refractivity contribution in [2.24, 2.45) is 10.9 Å². The van der Waals surface area contributed by atoms with E-state index in [0.717, 1.165) is 38.3 Å². The molecule has 0 amide bonds. The number of ether oxygens (including phenoxy) is 2. The zero-order chi connectivity index (χ0) is 22.7. The van der Waals surface area contributed by atoms with E-state index in [9.17, 15) is 13.2 Å². The fraction of sp³-hybridized carbons (Fsp3) is 0.682. The molecule has 32 heavy (non-hydrogen) atoms. The highest BCUT2D eigenvalue weighted by molar-refractivity contribution is 14.0. The van der Waals surface area contributed by atoms with Crippen molar-refractivity contribution >= 4 is 29.9 Å². The summed E-state index contributed by atoms with van der Waals surface area (Å²) in [6.07, 6.45) is -4.19. The summed E-state index contributed by atoms with van der Waals surface area (Å²) in [5, 5.41) is 6.58. The average Bonchev–Trinajstić information content (AvgIpc) is 2.70. The Morgan fingerprint density at radius 2 is 1.91 bits per heavy atom. The number of nitrogens with one attached hydrogen (secondary N) is 2. The van der Waals surface area contributed by atoms with Gasteiger partial charge in [0.2, 0.25) is 0 Å². The van der Waals surface area contributed by atoms with Crippen LogP contribution in [0.1, 0.15) is 31.9 Å². The Balaban J connectivity index is 0.00000512. The van der Waals surface area contributed by atoms with E-state index in [1.54, 1.807) is 12.1 Å². The van der Waals surface area contributed by atoms with E-state index >= 15 is 0 Å². The zero-order valence-corrected chi connectivity index (χ0v) is 21.4. The third-order valence-electron chi connectivity index (χ3n) is 4.66. The number of nitrogens with zero attached hydrogens (tertiary/aromatic N) is 2. The molecule has 1 unspecified atom stereocenters. The molecule has 1 aliphatic rings. The second kappa shape index (κ2) is 14.9. The Bertz CT molecular complexity index is 672. The van der Waals surface area contributed by atoms with Gasteiger partial charge in [-0.2, -0.15) is 13.2 Å². The predicted octanol–water partition coefficient (Wildman–Crippen LogP) is 3.80. The predicted molar refractivity (Wildman–Crippen MR) is 131 cm³/mol. The first-order chi connectivity index (χ1) is 14.7. The highest BCUT2D eigenvalue weighted by Gasteiger charge is 2.27. The van der Waals surface area contributed by atoms with Crippen molar-refractivity contribution in [2.75, 3.05) is 45.9 Å². The van der Waals surface area contributed by atoms with Gasteiger partial charge in [0.1, 0.15) is 6.61 Å². The van der Waals surface area contributed by atoms with Crippen LogP contribution in [0.25, 0.3) is 0 Å². The molecule has 1 saturated heterocycles. The summed E-state index contributed by atoms with van der Waals surface area (Å²) < 4.78 is 47.0. The molecule has 0 spiro atoms. The number of guanidine groups is 1. The molecule has 1 aliphatic heterocycles. The van der Waals surface area contributed by atoms with Gasteiger partial charge in [-0.15, -0.1) is 24.0 Å². The summed E-state index contributed by atoms with van der Waals surface area (Å²) in [7, 11) is 0. The van der Waals surface area contributed by atoms with Crippen LogP contribution in [-0.4, -0.2) is 69.1 Å². The summed E-state index contributed by atoms with van der Waals surface area (Å²) >= 11 is 0. The lowest BCUT2D eigenvalue weighted by molar-refractivity contribution is -0.176. The third-order valence-corrected chi connectivity index (χ3v) is 4.66. The minimum absolute atomic E-state index is 0. The highest BCUT2D eigenvalue weighted by atomic mass is 127. The maximum atomic E-state index is 12.2. The van der Waals surface area contributed by atoms with Gasteiger partial charge < -0.3 is 20.1 Å². The van der Waals surface area contributed by atoms with Crippen molar-refractivity contribution in [1.29, 1.82) is 0 Å². The lowest BCUT2D eigenvalue weighted by Gasteiger charge is -2.34. The first-order valence-corrected chi connectivity index (χ1v) is 10.8. The van der Waals surface area contributed by atoms with E-state index in [2.05, 4.69) is 39.1 Å². The van der Waals surface area contributed by atoms with E-state index < -0.39 is 12.8 Å². The van der Waals surface area contributed by atoms with Crippen molar-refractivity contribution in [3.05, 3.63) is 35.4 Å². The SMILES string of the molecule is CCNC(=NCc1ccc(COCC(F)(F)F)cc1)NCC1CN(CC(C)C)CCO1.I. The molecule has 2 N–H and O–H groups in total. The highest BCUT2D eigenvalue weighted by Crippen LogP contribution is 2.16. The van der Waals surface area contributed by atoms with Gasteiger partial charge in [-0.1, -0.05) is 38.1 Å². The fourth-order valence-corrected chi connectivity index (χ4v) is 3.33. The topological polar surface area (TPSA) is 58.1 Å². The van der Waals surface area contributed by atoms with Gasteiger partial charge in [-0.3, -0.25) is 4.90 Å². The molecule has 1 heterocycles. The van der Waals surface area contributed by atoms with Gasteiger partial charge in [0.25, 0.3) is 0 Å². The van der Waals surface area contributed by atoms with Crippen LogP contribution in [0, 0.1) is 5.92 Å². The summed E-state index contributed by atoms with van der Waals surface area (Å²) in [6, 6.07) is 7.24. The van der Waals surface area contributed by atoms with Crippen molar-refractivity contribution in [3.63, 3.8) is 0 Å².